The zero-order valence-electron chi connectivity index (χ0n) is 15.6. The molecule has 0 amide bonds. The van der Waals surface area contributed by atoms with Gasteiger partial charge in [0.25, 0.3) is 0 Å². The van der Waals surface area contributed by atoms with Crippen LogP contribution in [0.5, 0.6) is 5.75 Å². The van der Waals surface area contributed by atoms with Gasteiger partial charge in [-0.2, -0.15) is 5.26 Å². The van der Waals surface area contributed by atoms with Crippen LogP contribution in [0.3, 0.4) is 0 Å². The highest BCUT2D eigenvalue weighted by molar-refractivity contribution is 6.30. The van der Waals surface area contributed by atoms with Gasteiger partial charge >= 0.3 is 5.97 Å². The molecule has 1 aliphatic carbocycles. The molecule has 0 aromatic heterocycles. The number of carbonyl (C=O) groups excluding carboxylic acids is 1. The van der Waals surface area contributed by atoms with Crippen LogP contribution in [0.15, 0.2) is 42.5 Å². The molecule has 0 heterocycles. The van der Waals surface area contributed by atoms with Gasteiger partial charge < -0.3 is 4.74 Å². The van der Waals surface area contributed by atoms with Gasteiger partial charge in [0.05, 0.1) is 11.1 Å². The monoisotopic (exact) mass is 381 g/mol. The lowest BCUT2D eigenvalue weighted by atomic mass is 9.77. The quantitative estimate of drug-likeness (QED) is 0.438. The molecule has 27 heavy (non-hydrogen) atoms. The van der Waals surface area contributed by atoms with Gasteiger partial charge in [0.2, 0.25) is 0 Å². The van der Waals surface area contributed by atoms with Crippen molar-refractivity contribution < 1.29 is 9.53 Å². The van der Waals surface area contributed by atoms with Crippen LogP contribution in [-0.4, -0.2) is 5.97 Å². The van der Waals surface area contributed by atoms with E-state index < -0.39 is 5.97 Å². The Morgan fingerprint density at radius 1 is 1.15 bits per heavy atom. The second-order valence-electron chi connectivity index (χ2n) is 7.27. The summed E-state index contributed by atoms with van der Waals surface area (Å²) in [6.07, 6.45) is 7.67. The summed E-state index contributed by atoms with van der Waals surface area (Å²) in [6.45, 7) is 2.26. The minimum Gasteiger partial charge on any atom is -0.422 e. The lowest BCUT2D eigenvalue weighted by molar-refractivity contribution is 0.0734. The molecule has 1 saturated carbocycles. The lowest BCUT2D eigenvalue weighted by Crippen LogP contribution is -2.14. The first kappa shape index (κ1) is 19.5. The highest BCUT2D eigenvalue weighted by Gasteiger charge is 2.22. The highest BCUT2D eigenvalue weighted by atomic mass is 35.5. The number of carbonyl (C=O) groups is 1. The summed E-state index contributed by atoms with van der Waals surface area (Å²) in [5, 5.41) is 9.59. The van der Waals surface area contributed by atoms with E-state index in [1.165, 1.54) is 50.2 Å². The van der Waals surface area contributed by atoms with Gasteiger partial charge in [0.1, 0.15) is 11.8 Å². The maximum Gasteiger partial charge on any atom is 0.343 e. The average Bonchev–Trinajstić information content (AvgIpc) is 2.70. The van der Waals surface area contributed by atoms with Crippen LogP contribution in [0.2, 0.25) is 5.02 Å². The first-order chi connectivity index (χ1) is 13.1. The van der Waals surface area contributed by atoms with Crippen molar-refractivity contribution in [3.8, 4) is 11.8 Å². The summed E-state index contributed by atoms with van der Waals surface area (Å²) in [5.74, 6) is 1.23. The second-order valence-corrected chi connectivity index (χ2v) is 7.71. The first-order valence-corrected chi connectivity index (χ1v) is 10.00. The van der Waals surface area contributed by atoms with Crippen molar-refractivity contribution >= 4 is 17.6 Å². The summed E-state index contributed by atoms with van der Waals surface area (Å²) in [7, 11) is 0. The number of esters is 1. The molecule has 0 saturated heterocycles. The molecule has 2 aromatic carbocycles. The topological polar surface area (TPSA) is 50.1 Å². The normalized spacial score (nSPS) is 19.3. The van der Waals surface area contributed by atoms with E-state index in [2.05, 4.69) is 6.92 Å². The molecular formula is C23H24ClNO2. The van der Waals surface area contributed by atoms with E-state index in [0.29, 0.717) is 16.5 Å². The van der Waals surface area contributed by atoms with Crippen LogP contribution in [0, 0.1) is 17.2 Å². The Morgan fingerprint density at radius 3 is 2.48 bits per heavy atom. The summed E-state index contributed by atoms with van der Waals surface area (Å²) in [6, 6.07) is 14.3. The molecule has 2 aromatic rings. The van der Waals surface area contributed by atoms with Crippen LogP contribution >= 0.6 is 11.6 Å². The molecule has 3 rings (SSSR count). The summed E-state index contributed by atoms with van der Waals surface area (Å²) in [5.41, 5.74) is 2.03. The van der Waals surface area contributed by atoms with E-state index in [-0.39, 0.29) is 11.3 Å². The second kappa shape index (κ2) is 9.06. The predicted octanol–water partition coefficient (Wildman–Crippen LogP) is 6.50. The Morgan fingerprint density at radius 2 is 1.85 bits per heavy atom. The van der Waals surface area contributed by atoms with Crippen LogP contribution in [0.25, 0.3) is 0 Å². The average molecular weight is 382 g/mol. The molecular weight excluding hydrogens is 358 g/mol. The zero-order chi connectivity index (χ0) is 19.2. The number of ether oxygens (including phenoxy) is 1. The number of hydrogen-bond donors (Lipinski definition) is 0. The van der Waals surface area contributed by atoms with Gasteiger partial charge in [-0.25, -0.2) is 4.79 Å². The minimum atomic E-state index is -0.466. The SMILES string of the molecule is CCC[C@H]1CC[C@H](c2ccc(C(=O)Oc3ccc(Cl)cc3C#N)cc2)CC1. The van der Waals surface area contributed by atoms with Gasteiger partial charge in [-0.15, -0.1) is 0 Å². The molecule has 1 aliphatic rings. The number of rotatable bonds is 5. The smallest absolute Gasteiger partial charge is 0.343 e. The van der Waals surface area contributed by atoms with Crippen molar-refractivity contribution in [3.63, 3.8) is 0 Å². The Hall–Kier alpha value is -2.31. The van der Waals surface area contributed by atoms with E-state index in [0.717, 1.165) is 5.92 Å². The molecule has 0 unspecified atom stereocenters. The Balaban J connectivity index is 1.64. The van der Waals surface area contributed by atoms with Gasteiger partial charge in [-0.05, 0) is 73.4 Å². The number of nitrogens with zero attached hydrogens (tertiary/aromatic N) is 1. The predicted molar refractivity (Wildman–Crippen MR) is 107 cm³/mol. The Kier molecular flexibility index (Phi) is 6.53. The molecule has 0 aliphatic heterocycles. The van der Waals surface area contributed by atoms with Crippen molar-refractivity contribution in [3.05, 3.63) is 64.2 Å². The molecule has 4 heteroatoms. The van der Waals surface area contributed by atoms with Crippen LogP contribution in [0.4, 0.5) is 0 Å². The summed E-state index contributed by atoms with van der Waals surface area (Å²) >= 11 is 5.88. The standard InChI is InChI=1S/C23H24ClNO2/c1-2-3-16-4-6-17(7-5-16)18-8-10-19(11-9-18)23(26)27-22-13-12-21(24)14-20(22)15-25/h8-14,16-17H,2-7H2,1H3/t16-,17-. The third-order valence-electron chi connectivity index (χ3n) is 5.43. The largest absolute Gasteiger partial charge is 0.422 e. The van der Waals surface area contributed by atoms with Crippen LogP contribution in [-0.2, 0) is 0 Å². The molecule has 140 valence electrons. The molecule has 0 radical (unpaired) electrons. The lowest BCUT2D eigenvalue weighted by Gasteiger charge is -2.28. The van der Waals surface area contributed by atoms with Crippen LogP contribution in [0.1, 0.15) is 72.9 Å². The van der Waals surface area contributed by atoms with Crippen LogP contribution < -0.4 is 4.74 Å². The van der Waals surface area contributed by atoms with Crippen molar-refractivity contribution in [2.24, 2.45) is 5.92 Å². The maximum atomic E-state index is 12.4. The maximum absolute atomic E-state index is 12.4. The third-order valence-corrected chi connectivity index (χ3v) is 5.66. The van der Waals surface area contributed by atoms with E-state index in [1.807, 2.05) is 30.3 Å². The fraction of sp³-hybridized carbons (Fsp3) is 0.391. The van der Waals surface area contributed by atoms with Gasteiger partial charge in [-0.1, -0.05) is 43.5 Å². The van der Waals surface area contributed by atoms with E-state index >= 15 is 0 Å². The number of benzene rings is 2. The van der Waals surface area contributed by atoms with Crippen molar-refractivity contribution in [1.82, 2.24) is 0 Å². The molecule has 0 N–H and O–H groups in total. The Bertz CT molecular complexity index is 830. The summed E-state index contributed by atoms with van der Waals surface area (Å²) in [4.78, 5) is 12.4. The Labute approximate surface area is 165 Å². The van der Waals surface area contributed by atoms with Crippen molar-refractivity contribution in [2.75, 3.05) is 0 Å². The molecule has 0 spiro atoms. The third kappa shape index (κ3) is 4.90. The molecule has 0 bridgehead atoms. The van der Waals surface area contributed by atoms with E-state index in [4.69, 9.17) is 21.6 Å². The highest BCUT2D eigenvalue weighted by Crippen LogP contribution is 2.37. The zero-order valence-corrected chi connectivity index (χ0v) is 16.3. The fourth-order valence-electron chi connectivity index (χ4n) is 3.92. The van der Waals surface area contributed by atoms with Crippen molar-refractivity contribution in [2.45, 2.75) is 51.4 Å². The number of halogens is 1. The minimum absolute atomic E-state index is 0.227. The van der Waals surface area contributed by atoms with E-state index in [1.54, 1.807) is 12.1 Å². The van der Waals surface area contributed by atoms with Crippen molar-refractivity contribution in [1.29, 1.82) is 5.26 Å². The number of hydrogen-bond acceptors (Lipinski definition) is 3. The first-order valence-electron chi connectivity index (χ1n) is 9.62. The molecule has 3 nitrogen and oxygen atoms in total. The molecule has 1 fully saturated rings. The van der Waals surface area contributed by atoms with Gasteiger partial charge in [0.15, 0.2) is 0 Å². The van der Waals surface area contributed by atoms with Gasteiger partial charge in [-0.3, -0.25) is 0 Å². The molecule has 0 atom stereocenters. The van der Waals surface area contributed by atoms with Gasteiger partial charge in [0, 0.05) is 5.02 Å². The fourth-order valence-corrected chi connectivity index (χ4v) is 4.09. The number of nitriles is 1. The summed E-state index contributed by atoms with van der Waals surface area (Å²) < 4.78 is 5.38. The van der Waals surface area contributed by atoms with E-state index in [9.17, 15) is 4.79 Å².